The smallest absolute Gasteiger partial charge is 0.228 e. The standard InChI is InChI=1S/C27H43N7OS.C6H12N2O/c1-18-19(2)36-26-23(18)25(30-27(31-26)34-15-10-21(17-34)24(28)35)33-13-8-20(9-14-33)16-29-11-7-22-6-4-5-12-32(22)3;7-6(9)5-1-3-8-4-2-5/h20-22,29H,4-17H2,1-3H3,(H2,28,35);5,8H,1-4H2,(H2,7,9). The van der Waals surface area contributed by atoms with E-state index in [1.54, 1.807) is 11.3 Å². The monoisotopic (exact) mass is 641 g/mol. The van der Waals surface area contributed by atoms with Crippen LogP contribution in [0.25, 0.3) is 10.2 Å². The minimum atomic E-state index is -0.219. The van der Waals surface area contributed by atoms with Crippen molar-refractivity contribution in [3.05, 3.63) is 10.4 Å². The molecule has 4 saturated heterocycles. The van der Waals surface area contributed by atoms with Crippen LogP contribution in [0, 0.1) is 31.6 Å². The Kier molecular flexibility index (Phi) is 11.9. The molecular weight excluding hydrogens is 586 g/mol. The lowest BCUT2D eigenvalue weighted by molar-refractivity contribution is -0.122. The highest BCUT2D eigenvalue weighted by atomic mass is 32.1. The molecular formula is C33H55N9O2S. The first kappa shape index (κ1) is 33.8. The van der Waals surface area contributed by atoms with Crippen molar-refractivity contribution in [1.82, 2.24) is 25.5 Å². The van der Waals surface area contributed by atoms with Gasteiger partial charge in [0.05, 0.1) is 11.3 Å². The van der Waals surface area contributed by atoms with Crippen molar-refractivity contribution < 1.29 is 9.59 Å². The highest BCUT2D eigenvalue weighted by Crippen LogP contribution is 2.38. The van der Waals surface area contributed by atoms with Gasteiger partial charge in [0.15, 0.2) is 0 Å². The van der Waals surface area contributed by atoms with E-state index in [-0.39, 0.29) is 23.7 Å². The predicted molar refractivity (Wildman–Crippen MR) is 184 cm³/mol. The maximum atomic E-state index is 11.7. The Hall–Kier alpha value is -2.54. The number of primary amides is 2. The Morgan fingerprint density at radius 1 is 0.911 bits per heavy atom. The Morgan fingerprint density at radius 2 is 1.62 bits per heavy atom. The minimum Gasteiger partial charge on any atom is -0.369 e. The molecule has 11 nitrogen and oxygen atoms in total. The van der Waals surface area contributed by atoms with E-state index in [2.05, 4.69) is 46.2 Å². The largest absolute Gasteiger partial charge is 0.369 e. The van der Waals surface area contributed by atoms with E-state index in [1.165, 1.54) is 60.9 Å². The number of aromatic nitrogens is 2. The normalized spacial score (nSPS) is 23.7. The molecule has 45 heavy (non-hydrogen) atoms. The number of carbonyl (C=O) groups excluding carboxylic acids is 2. The van der Waals surface area contributed by atoms with Crippen LogP contribution in [-0.4, -0.2) is 98.7 Å². The summed E-state index contributed by atoms with van der Waals surface area (Å²) in [5, 5.41) is 8.14. The number of carbonyl (C=O) groups is 2. The number of nitrogens with two attached hydrogens (primary N) is 2. The summed E-state index contributed by atoms with van der Waals surface area (Å²) in [7, 11) is 2.28. The molecule has 12 heteroatoms. The molecule has 6 N–H and O–H groups in total. The topological polar surface area (TPSA) is 146 Å². The summed E-state index contributed by atoms with van der Waals surface area (Å²) in [5.41, 5.74) is 12.0. The first-order chi connectivity index (χ1) is 21.7. The number of rotatable bonds is 9. The molecule has 4 fully saturated rings. The van der Waals surface area contributed by atoms with Crippen molar-refractivity contribution in [2.45, 2.75) is 77.7 Å². The van der Waals surface area contributed by atoms with Gasteiger partial charge in [-0.15, -0.1) is 11.3 Å². The fourth-order valence-corrected chi connectivity index (χ4v) is 8.32. The molecule has 2 atom stereocenters. The van der Waals surface area contributed by atoms with Crippen molar-refractivity contribution in [3.8, 4) is 0 Å². The Labute approximate surface area is 272 Å². The quantitative estimate of drug-likeness (QED) is 0.304. The van der Waals surface area contributed by atoms with Gasteiger partial charge in [-0.2, -0.15) is 4.98 Å². The zero-order valence-electron chi connectivity index (χ0n) is 27.7. The molecule has 2 aromatic rings. The molecule has 4 aliphatic rings. The number of nitrogens with zero attached hydrogens (tertiary/aromatic N) is 5. The van der Waals surface area contributed by atoms with Crippen LogP contribution >= 0.6 is 11.3 Å². The van der Waals surface area contributed by atoms with Crippen molar-refractivity contribution >= 4 is 45.1 Å². The van der Waals surface area contributed by atoms with E-state index < -0.39 is 0 Å². The van der Waals surface area contributed by atoms with E-state index in [0.717, 1.165) is 93.6 Å². The lowest BCUT2D eigenvalue weighted by Gasteiger charge is -2.34. The number of likely N-dealkylation sites (tertiary alicyclic amines) is 1. The van der Waals surface area contributed by atoms with Gasteiger partial charge >= 0.3 is 0 Å². The molecule has 6 rings (SSSR count). The van der Waals surface area contributed by atoms with Crippen molar-refractivity contribution in [1.29, 1.82) is 0 Å². The average molecular weight is 642 g/mol. The van der Waals surface area contributed by atoms with Crippen LogP contribution in [0.2, 0.25) is 0 Å². The molecule has 0 radical (unpaired) electrons. The van der Waals surface area contributed by atoms with Crippen molar-refractivity contribution in [2.75, 3.05) is 75.8 Å². The number of hydrogen-bond donors (Lipinski definition) is 4. The molecule has 0 saturated carbocycles. The van der Waals surface area contributed by atoms with E-state index >= 15 is 0 Å². The maximum absolute atomic E-state index is 11.7. The van der Waals surface area contributed by atoms with Crippen LogP contribution in [0.4, 0.5) is 11.8 Å². The summed E-state index contributed by atoms with van der Waals surface area (Å²) in [6.07, 6.45) is 10.3. The van der Waals surface area contributed by atoms with Crippen LogP contribution in [0.3, 0.4) is 0 Å². The first-order valence-electron chi connectivity index (χ1n) is 17.2. The minimum absolute atomic E-state index is 0.110. The molecule has 6 heterocycles. The van der Waals surface area contributed by atoms with Crippen LogP contribution in [0.5, 0.6) is 0 Å². The van der Waals surface area contributed by atoms with Gasteiger partial charge in [0.25, 0.3) is 0 Å². The zero-order valence-corrected chi connectivity index (χ0v) is 28.5. The number of piperidine rings is 3. The third-order valence-corrected chi connectivity index (χ3v) is 11.6. The van der Waals surface area contributed by atoms with E-state index in [0.29, 0.717) is 6.54 Å². The van der Waals surface area contributed by atoms with Gasteiger partial charge in [-0.05, 0) is 116 Å². The summed E-state index contributed by atoms with van der Waals surface area (Å²) in [6.45, 7) is 13.2. The number of nitrogens with one attached hydrogen (secondary N) is 2. The highest BCUT2D eigenvalue weighted by molar-refractivity contribution is 7.18. The van der Waals surface area contributed by atoms with Crippen LogP contribution in [-0.2, 0) is 9.59 Å². The van der Waals surface area contributed by atoms with Gasteiger partial charge in [0.2, 0.25) is 17.8 Å². The molecule has 0 bridgehead atoms. The second kappa shape index (κ2) is 15.8. The molecule has 2 aromatic heterocycles. The van der Waals surface area contributed by atoms with E-state index in [1.807, 2.05) is 0 Å². The number of fused-ring (bicyclic) bond motifs is 1. The third kappa shape index (κ3) is 8.64. The average Bonchev–Trinajstić information content (AvgIpc) is 3.66. The predicted octanol–water partition coefficient (Wildman–Crippen LogP) is 2.77. The summed E-state index contributed by atoms with van der Waals surface area (Å²) in [5.74, 6) is 2.21. The fraction of sp³-hybridized carbons (Fsp3) is 0.758. The summed E-state index contributed by atoms with van der Waals surface area (Å²) >= 11 is 1.75. The van der Waals surface area contributed by atoms with Gasteiger partial charge < -0.3 is 36.8 Å². The van der Waals surface area contributed by atoms with Crippen LogP contribution in [0.1, 0.15) is 68.2 Å². The summed E-state index contributed by atoms with van der Waals surface area (Å²) in [4.78, 5) is 41.8. The second-order valence-corrected chi connectivity index (χ2v) is 14.8. The van der Waals surface area contributed by atoms with Crippen LogP contribution < -0.4 is 31.9 Å². The third-order valence-electron chi connectivity index (χ3n) is 10.5. The van der Waals surface area contributed by atoms with Gasteiger partial charge in [-0.3, -0.25) is 9.59 Å². The molecule has 0 aromatic carbocycles. The van der Waals surface area contributed by atoms with Gasteiger partial charge in [0.1, 0.15) is 10.6 Å². The molecule has 4 aliphatic heterocycles. The van der Waals surface area contributed by atoms with E-state index in [9.17, 15) is 9.59 Å². The lowest BCUT2D eigenvalue weighted by Crippen LogP contribution is -2.40. The van der Waals surface area contributed by atoms with Crippen molar-refractivity contribution in [2.24, 2.45) is 29.2 Å². The Bertz CT molecular complexity index is 1290. The molecule has 0 spiro atoms. The SMILES string of the molecule is Cc1sc2nc(N3CCC(C(N)=O)C3)nc(N3CCC(CNCCC4CCCCN4C)CC3)c2c1C.NC(=O)C1CCNCC1. The summed E-state index contributed by atoms with van der Waals surface area (Å²) in [6, 6.07) is 0.758. The fourth-order valence-electron chi connectivity index (χ4n) is 7.30. The number of amides is 2. The lowest BCUT2D eigenvalue weighted by atomic mass is 9.96. The van der Waals surface area contributed by atoms with Gasteiger partial charge in [-0.25, -0.2) is 4.98 Å². The number of aryl methyl sites for hydroxylation is 2. The Morgan fingerprint density at radius 3 is 2.27 bits per heavy atom. The number of hydrogen-bond acceptors (Lipinski definition) is 10. The molecule has 2 amide bonds. The highest BCUT2D eigenvalue weighted by Gasteiger charge is 2.31. The van der Waals surface area contributed by atoms with E-state index in [4.69, 9.17) is 21.4 Å². The van der Waals surface area contributed by atoms with Crippen molar-refractivity contribution in [3.63, 3.8) is 0 Å². The van der Waals surface area contributed by atoms with Gasteiger partial charge in [-0.1, -0.05) is 6.42 Å². The second-order valence-electron chi connectivity index (χ2n) is 13.6. The molecule has 2 unspecified atom stereocenters. The molecule has 0 aliphatic carbocycles. The van der Waals surface area contributed by atoms with Gasteiger partial charge in [0, 0.05) is 43.0 Å². The van der Waals surface area contributed by atoms with Crippen LogP contribution in [0.15, 0.2) is 0 Å². The summed E-state index contributed by atoms with van der Waals surface area (Å²) < 4.78 is 0. The maximum Gasteiger partial charge on any atom is 0.228 e. The number of anilines is 2. The molecule has 250 valence electrons. The Balaban J connectivity index is 0.000000383. The number of thiophene rings is 1. The first-order valence-corrected chi connectivity index (χ1v) is 18.0. The zero-order chi connectivity index (χ0) is 31.9.